The van der Waals surface area contributed by atoms with Crippen LogP contribution in [0.2, 0.25) is 0 Å². The maximum Gasteiger partial charge on any atom is 0.344 e. The Balaban J connectivity index is 1.84. The molecule has 1 aromatic heterocycles. The second kappa shape index (κ2) is 8.73. The van der Waals surface area contributed by atoms with Gasteiger partial charge in [0.1, 0.15) is 17.1 Å². The number of nitrogens with zero attached hydrogens (tertiary/aromatic N) is 1. The summed E-state index contributed by atoms with van der Waals surface area (Å²) in [5, 5.41) is 11.5. The average molecular weight is 431 g/mol. The summed E-state index contributed by atoms with van der Waals surface area (Å²) in [5.74, 6) is 0.298. The molecule has 0 radical (unpaired) electrons. The zero-order chi connectivity index (χ0) is 22.7. The Kier molecular flexibility index (Phi) is 5.67. The molecule has 8 heteroatoms. The Bertz CT molecular complexity index is 1360. The predicted octanol–water partition coefficient (Wildman–Crippen LogP) is 4.52. The summed E-state index contributed by atoms with van der Waals surface area (Å²) >= 11 is 0. The van der Waals surface area contributed by atoms with Crippen molar-refractivity contribution in [2.24, 2.45) is 0 Å². The van der Waals surface area contributed by atoms with Crippen molar-refractivity contribution in [3.8, 4) is 22.6 Å². The first kappa shape index (κ1) is 20.8. The summed E-state index contributed by atoms with van der Waals surface area (Å²) < 4.78 is 16.1. The van der Waals surface area contributed by atoms with E-state index in [2.05, 4.69) is 0 Å². The third-order valence-corrected chi connectivity index (χ3v) is 4.89. The highest BCUT2D eigenvalue weighted by atomic mass is 16.6. The molecule has 0 aliphatic heterocycles. The van der Waals surface area contributed by atoms with Crippen LogP contribution in [-0.4, -0.2) is 18.0 Å². The van der Waals surface area contributed by atoms with Crippen LogP contribution in [0, 0.1) is 10.1 Å². The fourth-order valence-electron chi connectivity index (χ4n) is 3.40. The Morgan fingerprint density at radius 3 is 2.38 bits per heavy atom. The minimum Gasteiger partial charge on any atom is -0.497 e. The summed E-state index contributed by atoms with van der Waals surface area (Å²) in [7, 11) is 1.49. The van der Waals surface area contributed by atoms with Crippen molar-refractivity contribution in [1.29, 1.82) is 0 Å². The molecule has 0 N–H and O–H groups in total. The first-order valence-corrected chi connectivity index (χ1v) is 9.60. The van der Waals surface area contributed by atoms with Crippen molar-refractivity contribution in [2.75, 3.05) is 7.11 Å². The molecule has 0 unspecified atom stereocenters. The zero-order valence-electron chi connectivity index (χ0n) is 16.9. The largest absolute Gasteiger partial charge is 0.497 e. The molecule has 0 bridgehead atoms. The number of carbonyl (C=O) groups is 1. The number of nitro benzene ring substituents is 1. The van der Waals surface area contributed by atoms with Crippen LogP contribution in [0.4, 0.5) is 5.69 Å². The lowest BCUT2D eigenvalue weighted by atomic mass is 9.96. The Hall–Kier alpha value is -4.46. The molecule has 0 saturated heterocycles. The summed E-state index contributed by atoms with van der Waals surface area (Å²) in [6, 6.07) is 19.0. The molecule has 0 atom stereocenters. The van der Waals surface area contributed by atoms with Gasteiger partial charge in [-0.25, -0.2) is 4.79 Å². The van der Waals surface area contributed by atoms with E-state index in [-0.39, 0.29) is 23.3 Å². The van der Waals surface area contributed by atoms with Gasteiger partial charge in [-0.2, -0.15) is 0 Å². The average Bonchev–Trinajstić information content (AvgIpc) is 2.79. The fraction of sp³-hybridized carbons (Fsp3) is 0.0833. The molecule has 0 aliphatic carbocycles. The lowest BCUT2D eigenvalue weighted by molar-refractivity contribution is -0.384. The number of ether oxygens (including phenoxy) is 2. The smallest absolute Gasteiger partial charge is 0.344 e. The van der Waals surface area contributed by atoms with E-state index in [0.717, 1.165) is 0 Å². The van der Waals surface area contributed by atoms with E-state index in [0.29, 0.717) is 28.0 Å². The van der Waals surface area contributed by atoms with Crippen molar-refractivity contribution in [3.63, 3.8) is 0 Å². The van der Waals surface area contributed by atoms with Gasteiger partial charge >= 0.3 is 11.6 Å². The summed E-state index contributed by atoms with van der Waals surface area (Å²) in [4.78, 5) is 36.1. The number of fused-ring (bicyclic) bond motifs is 1. The summed E-state index contributed by atoms with van der Waals surface area (Å²) in [5.41, 5.74) is 0.388. The van der Waals surface area contributed by atoms with Crippen molar-refractivity contribution < 1.29 is 23.6 Å². The molecular formula is C24H17NO7. The maximum absolute atomic E-state index is 12.9. The van der Waals surface area contributed by atoms with Gasteiger partial charge < -0.3 is 13.9 Å². The highest BCUT2D eigenvalue weighted by Gasteiger charge is 2.21. The number of nitro groups is 1. The Morgan fingerprint density at radius 2 is 1.72 bits per heavy atom. The van der Waals surface area contributed by atoms with Gasteiger partial charge in [0.25, 0.3) is 5.69 Å². The number of methoxy groups -OCH3 is 1. The number of carbonyl (C=O) groups excluding carboxylic acids is 1. The van der Waals surface area contributed by atoms with Gasteiger partial charge in [0, 0.05) is 23.6 Å². The number of rotatable bonds is 6. The van der Waals surface area contributed by atoms with E-state index in [4.69, 9.17) is 13.9 Å². The molecule has 8 nitrogen and oxygen atoms in total. The van der Waals surface area contributed by atoms with Crippen molar-refractivity contribution >= 4 is 22.6 Å². The standard InChI is InChI=1S/C24H17NO7/c1-30-18-11-12-19-20(14-22(26)31-17-5-3-2-4-6-17)23(24(27)32-21(19)13-18)15-7-9-16(10-8-15)25(28)29/h2-13H,14H2,1H3. The van der Waals surface area contributed by atoms with Crippen LogP contribution < -0.4 is 15.1 Å². The number of para-hydroxylation sites is 1. The van der Waals surface area contributed by atoms with E-state index in [1.807, 2.05) is 0 Å². The topological polar surface area (TPSA) is 109 Å². The van der Waals surface area contributed by atoms with E-state index >= 15 is 0 Å². The van der Waals surface area contributed by atoms with Crippen LogP contribution in [0.1, 0.15) is 5.56 Å². The summed E-state index contributed by atoms with van der Waals surface area (Å²) in [6.45, 7) is 0. The maximum atomic E-state index is 12.9. The highest BCUT2D eigenvalue weighted by molar-refractivity contribution is 5.92. The molecular weight excluding hydrogens is 414 g/mol. The quantitative estimate of drug-likeness (QED) is 0.145. The molecule has 1 heterocycles. The van der Waals surface area contributed by atoms with Crippen LogP contribution in [0.25, 0.3) is 22.1 Å². The minimum absolute atomic E-state index is 0.117. The van der Waals surface area contributed by atoms with Crippen LogP contribution in [0.5, 0.6) is 11.5 Å². The van der Waals surface area contributed by atoms with Gasteiger partial charge in [0.2, 0.25) is 0 Å². The third kappa shape index (κ3) is 4.20. The minimum atomic E-state index is -0.679. The zero-order valence-corrected chi connectivity index (χ0v) is 16.9. The van der Waals surface area contributed by atoms with Crippen LogP contribution in [-0.2, 0) is 11.2 Å². The first-order valence-electron chi connectivity index (χ1n) is 9.60. The van der Waals surface area contributed by atoms with Crippen molar-refractivity contribution in [2.45, 2.75) is 6.42 Å². The second-order valence-electron chi connectivity index (χ2n) is 6.87. The van der Waals surface area contributed by atoms with Gasteiger partial charge in [-0.05, 0) is 47.5 Å². The molecule has 160 valence electrons. The van der Waals surface area contributed by atoms with Gasteiger partial charge in [0.05, 0.1) is 24.0 Å². The molecule has 32 heavy (non-hydrogen) atoms. The SMILES string of the molecule is COc1ccc2c(CC(=O)Oc3ccccc3)c(-c3ccc([N+](=O)[O-])cc3)c(=O)oc2c1. The van der Waals surface area contributed by atoms with Gasteiger partial charge in [0.15, 0.2) is 0 Å². The lowest BCUT2D eigenvalue weighted by Crippen LogP contribution is -2.16. The molecule has 3 aromatic carbocycles. The molecule has 4 rings (SSSR count). The molecule has 0 amide bonds. The van der Waals surface area contributed by atoms with Crippen molar-refractivity contribution in [3.05, 3.63) is 98.9 Å². The fourth-order valence-corrected chi connectivity index (χ4v) is 3.40. The Morgan fingerprint density at radius 1 is 1.00 bits per heavy atom. The number of benzene rings is 3. The monoisotopic (exact) mass is 431 g/mol. The van der Waals surface area contributed by atoms with E-state index < -0.39 is 16.5 Å². The second-order valence-corrected chi connectivity index (χ2v) is 6.87. The van der Waals surface area contributed by atoms with Gasteiger partial charge in [-0.1, -0.05) is 18.2 Å². The van der Waals surface area contributed by atoms with E-state index in [1.54, 1.807) is 48.5 Å². The highest BCUT2D eigenvalue weighted by Crippen LogP contribution is 2.31. The molecule has 4 aromatic rings. The van der Waals surface area contributed by atoms with Crippen LogP contribution in [0.15, 0.2) is 82.0 Å². The first-order chi connectivity index (χ1) is 15.5. The number of hydrogen-bond acceptors (Lipinski definition) is 7. The van der Waals surface area contributed by atoms with Gasteiger partial charge in [-0.3, -0.25) is 14.9 Å². The van der Waals surface area contributed by atoms with Crippen molar-refractivity contribution in [1.82, 2.24) is 0 Å². The van der Waals surface area contributed by atoms with Crippen LogP contribution >= 0.6 is 0 Å². The molecule has 0 spiro atoms. The van der Waals surface area contributed by atoms with E-state index in [9.17, 15) is 19.7 Å². The molecule has 0 saturated carbocycles. The molecule has 0 fully saturated rings. The number of esters is 1. The third-order valence-electron chi connectivity index (χ3n) is 4.89. The van der Waals surface area contributed by atoms with E-state index in [1.165, 1.54) is 31.4 Å². The van der Waals surface area contributed by atoms with Crippen LogP contribution in [0.3, 0.4) is 0 Å². The predicted molar refractivity (Wildman–Crippen MR) is 117 cm³/mol. The Labute approximate surface area is 181 Å². The number of hydrogen-bond donors (Lipinski definition) is 0. The van der Waals surface area contributed by atoms with Gasteiger partial charge in [-0.15, -0.1) is 0 Å². The number of non-ortho nitro benzene ring substituents is 1. The lowest BCUT2D eigenvalue weighted by Gasteiger charge is -2.12. The summed E-state index contributed by atoms with van der Waals surface area (Å²) in [6.07, 6.45) is -0.213. The normalized spacial score (nSPS) is 10.7. The molecule has 0 aliphatic rings.